The van der Waals surface area contributed by atoms with Crippen LogP contribution in [0.4, 0.5) is 11.4 Å². The highest BCUT2D eigenvalue weighted by atomic mass is 16.5. The smallest absolute Gasteiger partial charge is 0.337 e. The first-order valence-electron chi connectivity index (χ1n) is 9.41. The molecular formula is C23H21N3O3. The molecule has 0 saturated heterocycles. The lowest BCUT2D eigenvalue weighted by atomic mass is 10.00. The monoisotopic (exact) mass is 387 g/mol. The van der Waals surface area contributed by atoms with Crippen molar-refractivity contribution >= 4 is 23.3 Å². The van der Waals surface area contributed by atoms with E-state index in [1.165, 1.54) is 18.2 Å². The maximum atomic E-state index is 13.0. The summed E-state index contributed by atoms with van der Waals surface area (Å²) in [5, 5.41) is 3.22. The van der Waals surface area contributed by atoms with Gasteiger partial charge in [-0.05, 0) is 47.9 Å². The minimum atomic E-state index is -0.398. The Hall–Kier alpha value is -3.67. The molecule has 0 atom stereocenters. The van der Waals surface area contributed by atoms with E-state index in [0.717, 1.165) is 17.8 Å². The molecule has 3 aromatic rings. The second kappa shape index (κ2) is 8.14. The highest BCUT2D eigenvalue weighted by Crippen LogP contribution is 2.22. The van der Waals surface area contributed by atoms with Gasteiger partial charge in [0, 0.05) is 30.7 Å². The molecule has 0 saturated carbocycles. The number of rotatable bonds is 4. The van der Waals surface area contributed by atoms with Crippen LogP contribution in [0.3, 0.4) is 0 Å². The Morgan fingerprint density at radius 2 is 1.79 bits per heavy atom. The molecule has 1 aliphatic rings. The number of nitrogens with zero attached hydrogens (tertiary/aromatic N) is 2. The zero-order chi connectivity index (χ0) is 20.2. The number of hydrogen-bond acceptors (Lipinski definition) is 5. The van der Waals surface area contributed by atoms with Crippen LogP contribution in [0.2, 0.25) is 0 Å². The summed E-state index contributed by atoms with van der Waals surface area (Å²) >= 11 is 0. The summed E-state index contributed by atoms with van der Waals surface area (Å²) in [5.74, 6) is -0.490. The lowest BCUT2D eigenvalue weighted by Crippen LogP contribution is -2.36. The van der Waals surface area contributed by atoms with Crippen molar-refractivity contribution in [3.8, 4) is 0 Å². The largest absolute Gasteiger partial charge is 0.465 e. The average molecular weight is 387 g/mol. The predicted molar refractivity (Wildman–Crippen MR) is 110 cm³/mol. The van der Waals surface area contributed by atoms with Crippen molar-refractivity contribution in [3.05, 3.63) is 89.2 Å². The van der Waals surface area contributed by atoms with Gasteiger partial charge in [-0.25, -0.2) is 4.79 Å². The number of esters is 1. The standard InChI is InChI=1S/C23H21N3O3/c1-29-23(28)17-7-4-8-19(13-17)25-20-9-11-24-21(14-20)22(27)26-12-10-16-5-2-3-6-18(16)15-26/h2-9,11,13-14H,10,12,15H2,1H3,(H,24,25). The topological polar surface area (TPSA) is 71.5 Å². The Morgan fingerprint density at radius 1 is 1.00 bits per heavy atom. The van der Waals surface area contributed by atoms with Crippen LogP contribution in [0.5, 0.6) is 0 Å². The fraction of sp³-hybridized carbons (Fsp3) is 0.174. The number of anilines is 2. The number of carbonyl (C=O) groups is 2. The second-order valence-electron chi connectivity index (χ2n) is 6.87. The van der Waals surface area contributed by atoms with Gasteiger partial charge in [0.05, 0.1) is 12.7 Å². The van der Waals surface area contributed by atoms with E-state index in [0.29, 0.717) is 24.3 Å². The molecule has 6 nitrogen and oxygen atoms in total. The molecule has 0 aliphatic carbocycles. The number of fused-ring (bicyclic) bond motifs is 1. The lowest BCUT2D eigenvalue weighted by Gasteiger charge is -2.28. The molecule has 2 aromatic carbocycles. The van der Waals surface area contributed by atoms with Gasteiger partial charge in [-0.15, -0.1) is 0 Å². The number of benzene rings is 2. The molecule has 0 radical (unpaired) electrons. The molecule has 1 amide bonds. The molecule has 0 unspecified atom stereocenters. The van der Waals surface area contributed by atoms with Gasteiger partial charge in [0.1, 0.15) is 5.69 Å². The minimum Gasteiger partial charge on any atom is -0.465 e. The van der Waals surface area contributed by atoms with Gasteiger partial charge >= 0.3 is 5.97 Å². The van der Waals surface area contributed by atoms with Gasteiger partial charge in [0.25, 0.3) is 5.91 Å². The van der Waals surface area contributed by atoms with Crippen LogP contribution in [-0.4, -0.2) is 35.4 Å². The van der Waals surface area contributed by atoms with Crippen LogP contribution >= 0.6 is 0 Å². The molecule has 0 bridgehead atoms. The third-order valence-corrected chi connectivity index (χ3v) is 4.97. The Morgan fingerprint density at radius 3 is 2.62 bits per heavy atom. The Kier molecular flexibility index (Phi) is 5.24. The first-order valence-corrected chi connectivity index (χ1v) is 9.41. The first kappa shape index (κ1) is 18.7. The first-order chi connectivity index (χ1) is 14.1. The van der Waals surface area contributed by atoms with E-state index >= 15 is 0 Å². The third-order valence-electron chi connectivity index (χ3n) is 4.97. The van der Waals surface area contributed by atoms with Gasteiger partial charge in [0.2, 0.25) is 0 Å². The fourth-order valence-electron chi connectivity index (χ4n) is 3.46. The van der Waals surface area contributed by atoms with E-state index in [1.54, 1.807) is 36.5 Å². The van der Waals surface area contributed by atoms with E-state index < -0.39 is 5.97 Å². The van der Waals surface area contributed by atoms with Crippen LogP contribution in [0.25, 0.3) is 0 Å². The number of methoxy groups -OCH3 is 1. The van der Waals surface area contributed by atoms with Crippen molar-refractivity contribution in [2.24, 2.45) is 0 Å². The Labute approximate surface area is 169 Å². The number of amides is 1. The van der Waals surface area contributed by atoms with Crippen molar-refractivity contribution in [3.63, 3.8) is 0 Å². The zero-order valence-corrected chi connectivity index (χ0v) is 16.1. The highest BCUT2D eigenvalue weighted by Gasteiger charge is 2.22. The Bertz CT molecular complexity index is 1060. The number of hydrogen-bond donors (Lipinski definition) is 1. The zero-order valence-electron chi connectivity index (χ0n) is 16.1. The fourth-order valence-corrected chi connectivity index (χ4v) is 3.46. The normalized spacial score (nSPS) is 12.8. The van der Waals surface area contributed by atoms with Crippen LogP contribution < -0.4 is 5.32 Å². The number of nitrogens with one attached hydrogen (secondary N) is 1. The van der Waals surface area contributed by atoms with Crippen molar-refractivity contribution in [2.75, 3.05) is 19.0 Å². The van der Waals surface area contributed by atoms with Crippen LogP contribution in [0.1, 0.15) is 32.0 Å². The van der Waals surface area contributed by atoms with Gasteiger partial charge < -0.3 is 15.0 Å². The van der Waals surface area contributed by atoms with Gasteiger partial charge in [0.15, 0.2) is 0 Å². The van der Waals surface area contributed by atoms with E-state index in [4.69, 9.17) is 4.74 Å². The summed E-state index contributed by atoms with van der Waals surface area (Å²) in [6.45, 7) is 1.27. The molecular weight excluding hydrogens is 366 g/mol. The summed E-state index contributed by atoms with van der Waals surface area (Å²) in [4.78, 5) is 30.8. The van der Waals surface area contributed by atoms with Crippen molar-refractivity contribution in [1.82, 2.24) is 9.88 Å². The van der Waals surface area contributed by atoms with Gasteiger partial charge in [-0.2, -0.15) is 0 Å². The molecule has 6 heteroatoms. The minimum absolute atomic E-state index is 0.0912. The van der Waals surface area contributed by atoms with Crippen LogP contribution in [-0.2, 0) is 17.7 Å². The number of ether oxygens (including phenoxy) is 1. The summed E-state index contributed by atoms with van der Waals surface area (Å²) in [5.41, 5.74) is 4.77. The van der Waals surface area contributed by atoms with Gasteiger partial charge in [-0.3, -0.25) is 9.78 Å². The second-order valence-corrected chi connectivity index (χ2v) is 6.87. The number of aromatic nitrogens is 1. The quantitative estimate of drug-likeness (QED) is 0.690. The van der Waals surface area contributed by atoms with E-state index in [2.05, 4.69) is 22.4 Å². The highest BCUT2D eigenvalue weighted by molar-refractivity contribution is 5.94. The molecule has 2 heterocycles. The predicted octanol–water partition coefficient (Wildman–Crippen LogP) is 3.81. The van der Waals surface area contributed by atoms with E-state index in [-0.39, 0.29) is 5.91 Å². The summed E-state index contributed by atoms with van der Waals surface area (Å²) in [7, 11) is 1.35. The lowest BCUT2D eigenvalue weighted by molar-refractivity contribution is 0.0600. The Balaban J connectivity index is 1.51. The van der Waals surface area contributed by atoms with Crippen LogP contribution in [0, 0.1) is 0 Å². The molecule has 0 spiro atoms. The maximum absolute atomic E-state index is 13.0. The summed E-state index contributed by atoms with van der Waals surface area (Å²) < 4.78 is 4.76. The molecule has 29 heavy (non-hydrogen) atoms. The van der Waals surface area contributed by atoms with Crippen molar-refractivity contribution in [2.45, 2.75) is 13.0 Å². The van der Waals surface area contributed by atoms with Crippen molar-refractivity contribution < 1.29 is 14.3 Å². The van der Waals surface area contributed by atoms with Gasteiger partial charge in [-0.1, -0.05) is 30.3 Å². The SMILES string of the molecule is COC(=O)c1cccc(Nc2ccnc(C(=O)N3CCc4ccccc4C3)c2)c1. The van der Waals surface area contributed by atoms with E-state index in [1.807, 2.05) is 23.1 Å². The molecule has 0 fully saturated rings. The summed E-state index contributed by atoms with van der Waals surface area (Å²) in [6.07, 6.45) is 2.46. The summed E-state index contributed by atoms with van der Waals surface area (Å²) in [6, 6.07) is 18.7. The number of carbonyl (C=O) groups excluding carboxylic acids is 2. The molecule has 4 rings (SSSR count). The molecule has 1 N–H and O–H groups in total. The molecule has 1 aliphatic heterocycles. The average Bonchev–Trinajstić information content (AvgIpc) is 2.78. The van der Waals surface area contributed by atoms with Crippen molar-refractivity contribution in [1.29, 1.82) is 0 Å². The van der Waals surface area contributed by atoms with Crippen LogP contribution in [0.15, 0.2) is 66.9 Å². The molecule has 146 valence electrons. The maximum Gasteiger partial charge on any atom is 0.337 e. The third kappa shape index (κ3) is 4.11. The molecule has 1 aromatic heterocycles. The van der Waals surface area contributed by atoms with E-state index in [9.17, 15) is 9.59 Å². The number of pyridine rings is 1.